The summed E-state index contributed by atoms with van der Waals surface area (Å²) in [5.74, 6) is -1.14. The van der Waals surface area contributed by atoms with E-state index in [1.807, 2.05) is 6.92 Å². The number of nitrogens with zero attached hydrogens (tertiary/aromatic N) is 2. The predicted molar refractivity (Wildman–Crippen MR) is 81.0 cm³/mol. The zero-order chi connectivity index (χ0) is 16.1. The summed E-state index contributed by atoms with van der Waals surface area (Å²) in [6, 6.07) is 6.63. The molecule has 0 saturated carbocycles. The average Bonchev–Trinajstić information content (AvgIpc) is 2.93. The number of carbonyl (C=O) groups is 3. The molecule has 2 rings (SSSR count). The highest BCUT2D eigenvalue weighted by molar-refractivity contribution is 5.97. The van der Waals surface area contributed by atoms with Crippen LogP contribution in [0, 0.1) is 0 Å². The van der Waals surface area contributed by atoms with Gasteiger partial charge in [-0.3, -0.25) is 14.5 Å². The Balaban J connectivity index is 2.06. The number of aliphatic carboxylic acids is 1. The second kappa shape index (κ2) is 6.93. The molecule has 1 fully saturated rings. The third-order valence-electron chi connectivity index (χ3n) is 3.55. The number of carboxylic acids is 1. The Morgan fingerprint density at radius 3 is 2.50 bits per heavy atom. The van der Waals surface area contributed by atoms with E-state index in [1.54, 1.807) is 29.2 Å². The molecule has 0 atom stereocenters. The number of hydrogen-bond donors (Lipinski definition) is 2. The van der Waals surface area contributed by atoms with Crippen LogP contribution in [0.25, 0.3) is 0 Å². The fourth-order valence-electron chi connectivity index (χ4n) is 2.32. The Morgan fingerprint density at radius 2 is 2.00 bits per heavy atom. The van der Waals surface area contributed by atoms with Gasteiger partial charge in [-0.1, -0.05) is 0 Å². The van der Waals surface area contributed by atoms with Crippen LogP contribution in [0.2, 0.25) is 0 Å². The number of hydrogen-bond acceptors (Lipinski definition) is 3. The molecule has 1 heterocycles. The van der Waals surface area contributed by atoms with E-state index in [0.717, 1.165) is 5.69 Å². The third-order valence-corrected chi connectivity index (χ3v) is 3.55. The Hall–Kier alpha value is -2.57. The minimum Gasteiger partial charge on any atom is -0.481 e. The molecule has 7 heteroatoms. The van der Waals surface area contributed by atoms with Crippen molar-refractivity contribution in [3.63, 3.8) is 0 Å². The second-order valence-corrected chi connectivity index (χ2v) is 4.96. The van der Waals surface area contributed by atoms with Gasteiger partial charge in [0.25, 0.3) is 5.91 Å². The first-order valence-electron chi connectivity index (χ1n) is 7.19. The summed E-state index contributed by atoms with van der Waals surface area (Å²) in [5.41, 5.74) is 1.22. The van der Waals surface area contributed by atoms with E-state index in [2.05, 4.69) is 5.32 Å². The van der Waals surface area contributed by atoms with Crippen molar-refractivity contribution in [2.75, 3.05) is 31.1 Å². The maximum Gasteiger partial charge on any atom is 0.321 e. The molecule has 0 aromatic heterocycles. The van der Waals surface area contributed by atoms with E-state index < -0.39 is 5.97 Å². The molecule has 0 radical (unpaired) electrons. The van der Waals surface area contributed by atoms with Crippen molar-refractivity contribution in [1.29, 1.82) is 0 Å². The van der Waals surface area contributed by atoms with Gasteiger partial charge in [-0.15, -0.1) is 0 Å². The summed E-state index contributed by atoms with van der Waals surface area (Å²) in [6.07, 6.45) is -0.0778. The number of amides is 3. The molecule has 118 valence electrons. The molecule has 1 aromatic carbocycles. The van der Waals surface area contributed by atoms with Crippen molar-refractivity contribution in [2.24, 2.45) is 0 Å². The Bertz CT molecular complexity index is 571. The van der Waals surface area contributed by atoms with Crippen molar-refractivity contribution in [3.8, 4) is 0 Å². The average molecular weight is 305 g/mol. The van der Waals surface area contributed by atoms with Crippen LogP contribution in [0.4, 0.5) is 10.5 Å². The first kappa shape index (κ1) is 15.8. The van der Waals surface area contributed by atoms with E-state index in [0.29, 0.717) is 25.2 Å². The number of carbonyl (C=O) groups excluding carboxylic acids is 2. The molecule has 22 heavy (non-hydrogen) atoms. The SMILES string of the molecule is CCN(CCC(=O)O)C(=O)c1ccc(N2CCNC2=O)cc1. The minimum absolute atomic E-state index is 0.0778. The van der Waals surface area contributed by atoms with Crippen LogP contribution in [0.15, 0.2) is 24.3 Å². The van der Waals surface area contributed by atoms with E-state index in [-0.39, 0.29) is 24.9 Å². The molecule has 2 N–H and O–H groups in total. The number of urea groups is 1. The van der Waals surface area contributed by atoms with Crippen molar-refractivity contribution in [1.82, 2.24) is 10.2 Å². The summed E-state index contributed by atoms with van der Waals surface area (Å²) < 4.78 is 0. The van der Waals surface area contributed by atoms with Gasteiger partial charge < -0.3 is 15.3 Å². The third kappa shape index (κ3) is 3.55. The smallest absolute Gasteiger partial charge is 0.321 e. The maximum absolute atomic E-state index is 12.3. The fraction of sp³-hybridized carbons (Fsp3) is 0.400. The van der Waals surface area contributed by atoms with Crippen LogP contribution in [0.1, 0.15) is 23.7 Å². The van der Waals surface area contributed by atoms with Crippen LogP contribution in [0.5, 0.6) is 0 Å². The number of nitrogens with one attached hydrogen (secondary N) is 1. The molecule has 1 saturated heterocycles. The molecule has 1 aromatic rings. The van der Waals surface area contributed by atoms with E-state index in [4.69, 9.17) is 5.11 Å². The Labute approximate surface area is 128 Å². The molecule has 0 spiro atoms. The summed E-state index contributed by atoms with van der Waals surface area (Å²) in [7, 11) is 0. The molecule has 1 aliphatic rings. The van der Waals surface area contributed by atoms with E-state index in [1.165, 1.54) is 4.90 Å². The first-order chi connectivity index (χ1) is 10.5. The van der Waals surface area contributed by atoms with Gasteiger partial charge >= 0.3 is 12.0 Å². The Kier molecular flexibility index (Phi) is 4.98. The number of carboxylic acid groups (broad SMARTS) is 1. The maximum atomic E-state index is 12.3. The largest absolute Gasteiger partial charge is 0.481 e. The predicted octanol–water partition coefficient (Wildman–Crippen LogP) is 1.15. The number of benzene rings is 1. The van der Waals surface area contributed by atoms with Crippen molar-refractivity contribution < 1.29 is 19.5 Å². The van der Waals surface area contributed by atoms with Gasteiger partial charge in [-0.05, 0) is 31.2 Å². The van der Waals surface area contributed by atoms with Crippen LogP contribution in [-0.2, 0) is 4.79 Å². The van der Waals surface area contributed by atoms with Crippen LogP contribution >= 0.6 is 0 Å². The van der Waals surface area contributed by atoms with Gasteiger partial charge in [0, 0.05) is 37.4 Å². The number of anilines is 1. The highest BCUT2D eigenvalue weighted by Gasteiger charge is 2.21. The van der Waals surface area contributed by atoms with Crippen molar-refractivity contribution in [2.45, 2.75) is 13.3 Å². The molecular weight excluding hydrogens is 286 g/mol. The standard InChI is InChI=1S/C15H19N3O4/c1-2-17(9-7-13(19)20)14(21)11-3-5-12(6-4-11)18-10-8-16-15(18)22/h3-6H,2,7-10H2,1H3,(H,16,22)(H,19,20). The van der Waals surface area contributed by atoms with Crippen molar-refractivity contribution >= 4 is 23.6 Å². The normalized spacial score (nSPS) is 13.9. The molecule has 0 bridgehead atoms. The minimum atomic E-state index is -0.929. The van der Waals surface area contributed by atoms with Crippen LogP contribution in [0.3, 0.4) is 0 Å². The summed E-state index contributed by atoms with van der Waals surface area (Å²) in [6.45, 7) is 3.65. The lowest BCUT2D eigenvalue weighted by Gasteiger charge is -2.20. The molecule has 7 nitrogen and oxygen atoms in total. The number of rotatable bonds is 6. The second-order valence-electron chi connectivity index (χ2n) is 4.96. The highest BCUT2D eigenvalue weighted by Crippen LogP contribution is 2.18. The molecular formula is C15H19N3O4. The lowest BCUT2D eigenvalue weighted by atomic mass is 10.1. The molecule has 1 aliphatic heterocycles. The van der Waals surface area contributed by atoms with Gasteiger partial charge in [0.15, 0.2) is 0 Å². The van der Waals surface area contributed by atoms with Gasteiger partial charge in [-0.2, -0.15) is 0 Å². The quantitative estimate of drug-likeness (QED) is 0.825. The van der Waals surface area contributed by atoms with Gasteiger partial charge in [-0.25, -0.2) is 4.79 Å². The zero-order valence-electron chi connectivity index (χ0n) is 12.4. The van der Waals surface area contributed by atoms with Crippen LogP contribution < -0.4 is 10.2 Å². The first-order valence-corrected chi connectivity index (χ1v) is 7.19. The van der Waals surface area contributed by atoms with Crippen LogP contribution in [-0.4, -0.2) is 54.1 Å². The molecule has 0 unspecified atom stereocenters. The molecule has 0 aliphatic carbocycles. The fourth-order valence-corrected chi connectivity index (χ4v) is 2.32. The topological polar surface area (TPSA) is 90.0 Å². The lowest BCUT2D eigenvalue weighted by Crippen LogP contribution is -2.33. The summed E-state index contributed by atoms with van der Waals surface area (Å²) >= 11 is 0. The van der Waals surface area contributed by atoms with Gasteiger partial charge in [0.1, 0.15) is 0 Å². The summed E-state index contributed by atoms with van der Waals surface area (Å²) in [5, 5.41) is 11.4. The zero-order valence-corrected chi connectivity index (χ0v) is 12.4. The monoisotopic (exact) mass is 305 g/mol. The van der Waals surface area contributed by atoms with Gasteiger partial charge in [0.2, 0.25) is 0 Å². The Morgan fingerprint density at radius 1 is 1.32 bits per heavy atom. The molecule has 3 amide bonds. The highest BCUT2D eigenvalue weighted by atomic mass is 16.4. The lowest BCUT2D eigenvalue weighted by molar-refractivity contribution is -0.137. The van der Waals surface area contributed by atoms with E-state index in [9.17, 15) is 14.4 Å². The van der Waals surface area contributed by atoms with Gasteiger partial charge in [0.05, 0.1) is 6.42 Å². The van der Waals surface area contributed by atoms with E-state index >= 15 is 0 Å². The summed E-state index contributed by atoms with van der Waals surface area (Å²) in [4.78, 5) is 37.6. The van der Waals surface area contributed by atoms with Crippen molar-refractivity contribution in [3.05, 3.63) is 29.8 Å².